The molecule has 178 valence electrons. The van der Waals surface area contributed by atoms with Gasteiger partial charge in [0.1, 0.15) is 24.3 Å². The molecule has 1 heterocycles. The minimum absolute atomic E-state index is 0.0643. The van der Waals surface area contributed by atoms with Crippen LogP contribution in [0.2, 0.25) is 0 Å². The van der Waals surface area contributed by atoms with Crippen LogP contribution < -0.4 is 0 Å². The van der Waals surface area contributed by atoms with Gasteiger partial charge in [-0.3, -0.25) is 0 Å². The minimum Gasteiger partial charge on any atom is -0.309 e. The predicted molar refractivity (Wildman–Crippen MR) is 151 cm³/mol. The third-order valence-corrected chi connectivity index (χ3v) is 6.99. The van der Waals surface area contributed by atoms with Crippen LogP contribution >= 0.6 is 0 Å². The highest BCUT2D eigenvalue weighted by Gasteiger charge is 2.24. The molecule has 5 heteroatoms. The van der Waals surface area contributed by atoms with E-state index in [0.29, 0.717) is 11.1 Å². The van der Waals surface area contributed by atoms with Crippen molar-refractivity contribution in [3.05, 3.63) is 125 Å². The number of fused-ring (bicyclic) bond motifs is 3. The van der Waals surface area contributed by atoms with Crippen molar-refractivity contribution in [2.75, 3.05) is 0 Å². The second-order valence-electron chi connectivity index (χ2n) is 8.98. The van der Waals surface area contributed by atoms with Crippen molar-refractivity contribution in [2.24, 2.45) is 0 Å². The molecule has 0 aliphatic carbocycles. The second kappa shape index (κ2) is 9.38. The number of hydrogen-bond donors (Lipinski definition) is 0. The van der Waals surface area contributed by atoms with Gasteiger partial charge >= 0.3 is 0 Å². The third-order valence-electron chi connectivity index (χ3n) is 6.99. The number of benzene rings is 5. The fourth-order valence-electron chi connectivity index (χ4n) is 5.38. The molecule has 0 spiro atoms. The van der Waals surface area contributed by atoms with Crippen LogP contribution in [0.15, 0.2) is 103 Å². The monoisotopic (exact) mass is 495 g/mol. The van der Waals surface area contributed by atoms with Gasteiger partial charge < -0.3 is 4.57 Å². The Morgan fingerprint density at radius 1 is 0.487 bits per heavy atom. The Hall–Kier alpha value is -6.14. The number of para-hydroxylation sites is 3. The summed E-state index contributed by atoms with van der Waals surface area (Å²) in [6, 6.07) is 41.6. The van der Waals surface area contributed by atoms with Crippen molar-refractivity contribution in [1.29, 1.82) is 21.0 Å². The molecule has 6 aromatic rings. The summed E-state index contributed by atoms with van der Waals surface area (Å²) < 4.78 is 2.22. The topological polar surface area (TPSA) is 100 Å². The molecule has 0 bridgehead atoms. The highest BCUT2D eigenvalue weighted by Crippen LogP contribution is 2.43. The summed E-state index contributed by atoms with van der Waals surface area (Å²) in [5.74, 6) is 0. The molecule has 0 saturated carbocycles. The summed E-state index contributed by atoms with van der Waals surface area (Å²) in [7, 11) is 0. The van der Waals surface area contributed by atoms with Crippen molar-refractivity contribution >= 4 is 21.8 Å². The first kappa shape index (κ1) is 23.3. The number of nitriles is 4. The fourth-order valence-corrected chi connectivity index (χ4v) is 5.38. The zero-order valence-corrected chi connectivity index (χ0v) is 20.6. The first-order valence-corrected chi connectivity index (χ1v) is 12.2. The van der Waals surface area contributed by atoms with Crippen LogP contribution in [0.1, 0.15) is 22.3 Å². The Kier molecular flexibility index (Phi) is 5.60. The standard InChI is InChI=1S/C34H17N5/c35-18-22-17-23(19-36)31(21-38)33(30(22)20-37)27-13-5-4-11-25(27)28-14-8-15-29-26-12-6-7-16-32(26)39(34(28)29)24-9-2-1-3-10-24/h1-17H. The van der Waals surface area contributed by atoms with Crippen LogP contribution in [0.4, 0.5) is 0 Å². The van der Waals surface area contributed by atoms with Crippen LogP contribution in [-0.4, -0.2) is 4.57 Å². The first-order chi connectivity index (χ1) is 19.2. The molecule has 5 nitrogen and oxygen atoms in total. The Morgan fingerprint density at radius 2 is 1.05 bits per heavy atom. The molecule has 0 N–H and O–H groups in total. The van der Waals surface area contributed by atoms with Gasteiger partial charge in [-0.1, -0.05) is 78.9 Å². The van der Waals surface area contributed by atoms with E-state index in [-0.39, 0.29) is 22.3 Å². The normalized spacial score (nSPS) is 10.5. The Bertz CT molecular complexity index is 2060. The van der Waals surface area contributed by atoms with Crippen molar-refractivity contribution in [3.8, 4) is 52.2 Å². The maximum atomic E-state index is 10.1. The molecule has 39 heavy (non-hydrogen) atoms. The number of hydrogen-bond acceptors (Lipinski definition) is 4. The lowest BCUT2D eigenvalue weighted by atomic mass is 9.85. The summed E-state index contributed by atoms with van der Waals surface area (Å²) in [5, 5.41) is 41.9. The number of rotatable bonds is 3. The van der Waals surface area contributed by atoms with E-state index in [0.717, 1.165) is 38.6 Å². The highest BCUT2D eigenvalue weighted by atomic mass is 15.0. The molecule has 0 atom stereocenters. The van der Waals surface area contributed by atoms with Crippen LogP contribution in [0.25, 0.3) is 49.7 Å². The average Bonchev–Trinajstić information content (AvgIpc) is 3.35. The van der Waals surface area contributed by atoms with Gasteiger partial charge in [0, 0.05) is 27.6 Å². The van der Waals surface area contributed by atoms with E-state index in [1.807, 2.05) is 78.9 Å². The zero-order chi connectivity index (χ0) is 26.9. The van der Waals surface area contributed by atoms with Crippen molar-refractivity contribution < 1.29 is 0 Å². The van der Waals surface area contributed by atoms with Gasteiger partial charge in [-0.2, -0.15) is 21.0 Å². The van der Waals surface area contributed by atoms with Gasteiger partial charge in [-0.05, 0) is 35.4 Å². The molecular formula is C34H17N5. The molecule has 6 rings (SSSR count). The van der Waals surface area contributed by atoms with Crippen molar-refractivity contribution in [3.63, 3.8) is 0 Å². The van der Waals surface area contributed by atoms with Crippen LogP contribution in [-0.2, 0) is 0 Å². The molecule has 0 aliphatic rings. The molecule has 5 aromatic carbocycles. The van der Waals surface area contributed by atoms with E-state index in [1.54, 1.807) is 0 Å². The van der Waals surface area contributed by atoms with E-state index in [1.165, 1.54) is 6.07 Å². The van der Waals surface area contributed by atoms with Crippen molar-refractivity contribution in [1.82, 2.24) is 4.57 Å². The van der Waals surface area contributed by atoms with E-state index >= 15 is 0 Å². The molecular weight excluding hydrogens is 478 g/mol. The molecule has 1 aromatic heterocycles. The summed E-state index contributed by atoms with van der Waals surface area (Å²) in [6.45, 7) is 0. The smallest absolute Gasteiger partial charge is 0.101 e. The average molecular weight is 496 g/mol. The highest BCUT2D eigenvalue weighted by molar-refractivity contribution is 6.14. The largest absolute Gasteiger partial charge is 0.309 e. The molecule has 0 aliphatic heterocycles. The third kappa shape index (κ3) is 3.52. The first-order valence-electron chi connectivity index (χ1n) is 12.2. The number of aromatic nitrogens is 1. The minimum atomic E-state index is 0.0643. The quantitative estimate of drug-likeness (QED) is 0.252. The van der Waals surface area contributed by atoms with Gasteiger partial charge in [0.25, 0.3) is 0 Å². The van der Waals surface area contributed by atoms with Gasteiger partial charge in [-0.25, -0.2) is 0 Å². The van der Waals surface area contributed by atoms with Crippen LogP contribution in [0.3, 0.4) is 0 Å². The molecule has 0 saturated heterocycles. The Morgan fingerprint density at radius 3 is 1.72 bits per heavy atom. The lowest BCUT2D eigenvalue weighted by molar-refractivity contribution is 1.18. The Balaban J connectivity index is 1.79. The van der Waals surface area contributed by atoms with Gasteiger partial charge in [0.15, 0.2) is 0 Å². The summed E-state index contributed by atoms with van der Waals surface area (Å²) in [5.41, 5.74) is 5.91. The van der Waals surface area contributed by atoms with E-state index < -0.39 is 0 Å². The lowest BCUT2D eigenvalue weighted by Gasteiger charge is -2.17. The SMILES string of the molecule is N#Cc1cc(C#N)c(C#N)c(-c2ccccc2-c2cccc3c4ccccc4n(-c4ccccc4)c23)c1C#N. The summed E-state index contributed by atoms with van der Waals surface area (Å²) in [4.78, 5) is 0. The fraction of sp³-hybridized carbons (Fsp3) is 0. The second-order valence-corrected chi connectivity index (χ2v) is 8.98. The molecule has 0 unspecified atom stereocenters. The van der Waals surface area contributed by atoms with E-state index in [4.69, 9.17) is 0 Å². The van der Waals surface area contributed by atoms with E-state index in [9.17, 15) is 21.0 Å². The van der Waals surface area contributed by atoms with Gasteiger partial charge in [-0.15, -0.1) is 0 Å². The zero-order valence-electron chi connectivity index (χ0n) is 20.6. The van der Waals surface area contributed by atoms with Gasteiger partial charge in [0.05, 0.1) is 33.3 Å². The summed E-state index contributed by atoms with van der Waals surface area (Å²) >= 11 is 0. The lowest BCUT2D eigenvalue weighted by Crippen LogP contribution is -2.00. The molecule has 0 amide bonds. The number of nitrogens with zero attached hydrogens (tertiary/aromatic N) is 5. The van der Waals surface area contributed by atoms with E-state index in [2.05, 4.69) is 47.0 Å². The maximum absolute atomic E-state index is 10.1. The maximum Gasteiger partial charge on any atom is 0.101 e. The Labute approximate surface area is 224 Å². The van der Waals surface area contributed by atoms with Crippen molar-refractivity contribution in [2.45, 2.75) is 0 Å². The molecule has 0 fully saturated rings. The summed E-state index contributed by atoms with van der Waals surface area (Å²) in [6.07, 6.45) is 0. The predicted octanol–water partition coefficient (Wildman–Crippen LogP) is 7.60. The van der Waals surface area contributed by atoms with Gasteiger partial charge in [0.2, 0.25) is 0 Å². The van der Waals surface area contributed by atoms with Crippen LogP contribution in [0.5, 0.6) is 0 Å². The molecule has 0 radical (unpaired) electrons. The van der Waals surface area contributed by atoms with Crippen LogP contribution in [0, 0.1) is 45.3 Å².